The van der Waals surface area contributed by atoms with Crippen molar-refractivity contribution in [3.63, 3.8) is 0 Å². The maximum Gasteiger partial charge on any atom is 0.433 e. The lowest BCUT2D eigenvalue weighted by atomic mass is 9.80. The second kappa shape index (κ2) is 7.91. The van der Waals surface area contributed by atoms with Gasteiger partial charge in [-0.25, -0.2) is 4.98 Å². The Balaban J connectivity index is 2.26. The number of alkyl halides is 3. The first kappa shape index (κ1) is 20.6. The summed E-state index contributed by atoms with van der Waals surface area (Å²) in [5, 5.41) is 9.20. The van der Waals surface area contributed by atoms with Crippen molar-refractivity contribution in [2.45, 2.75) is 39.3 Å². The Bertz CT molecular complexity index is 807. The number of hydrogen-bond acceptors (Lipinski definition) is 4. The highest BCUT2D eigenvalue weighted by atomic mass is 19.4. The fraction of sp³-hybridized carbons (Fsp3) is 0.474. The number of nitrogens with zero attached hydrogens (tertiary/aromatic N) is 3. The lowest BCUT2D eigenvalue weighted by Gasteiger charge is -2.28. The molecule has 0 radical (unpaired) electrons. The fourth-order valence-electron chi connectivity index (χ4n) is 2.93. The van der Waals surface area contributed by atoms with E-state index in [2.05, 4.69) is 4.98 Å². The van der Waals surface area contributed by atoms with E-state index in [1.165, 1.54) is 17.0 Å². The molecule has 0 fully saturated rings. The SMILES string of the molecule is CC1(C)CCCN(C(=O)c2cccc(C(F)(F)F)n2)CC/C=C(/C#N)C1=O. The first-order chi connectivity index (χ1) is 12.6. The standard InChI is InChI=1S/C19H20F3N3O2/c1-18(2)9-5-11-25(10-4-6-13(12-23)16(18)26)17(27)14-7-3-8-15(24-14)19(20,21)22/h3,6-8H,4-5,9-11H2,1-2H3/b13-6-. The van der Waals surface area contributed by atoms with E-state index >= 15 is 0 Å². The van der Waals surface area contributed by atoms with Crippen molar-refractivity contribution in [2.75, 3.05) is 13.1 Å². The van der Waals surface area contributed by atoms with Gasteiger partial charge in [-0.1, -0.05) is 26.0 Å². The van der Waals surface area contributed by atoms with E-state index in [1.54, 1.807) is 13.8 Å². The number of carbonyl (C=O) groups excluding carboxylic acids is 2. The first-order valence-corrected chi connectivity index (χ1v) is 8.55. The molecule has 0 unspecified atom stereocenters. The molecule has 144 valence electrons. The van der Waals surface area contributed by atoms with Crippen molar-refractivity contribution in [1.82, 2.24) is 9.88 Å². The van der Waals surface area contributed by atoms with Crippen LogP contribution in [0, 0.1) is 16.7 Å². The van der Waals surface area contributed by atoms with Gasteiger partial charge in [-0.3, -0.25) is 9.59 Å². The first-order valence-electron chi connectivity index (χ1n) is 8.55. The molecule has 1 aliphatic rings. The van der Waals surface area contributed by atoms with Crippen molar-refractivity contribution in [1.29, 1.82) is 5.26 Å². The number of allylic oxidation sites excluding steroid dienone is 1. The van der Waals surface area contributed by atoms with E-state index in [0.717, 1.165) is 12.1 Å². The maximum atomic E-state index is 12.8. The van der Waals surface area contributed by atoms with Gasteiger partial charge in [0.15, 0.2) is 5.78 Å². The summed E-state index contributed by atoms with van der Waals surface area (Å²) in [5.74, 6) is -0.831. The fourth-order valence-corrected chi connectivity index (χ4v) is 2.93. The Labute approximate surface area is 155 Å². The van der Waals surface area contributed by atoms with Gasteiger partial charge in [0.1, 0.15) is 17.5 Å². The van der Waals surface area contributed by atoms with Gasteiger partial charge < -0.3 is 4.90 Å². The normalized spacial score (nSPS) is 20.4. The van der Waals surface area contributed by atoms with Gasteiger partial charge in [0, 0.05) is 18.5 Å². The van der Waals surface area contributed by atoms with Crippen LogP contribution in [-0.2, 0) is 11.0 Å². The molecular formula is C19H20F3N3O2. The number of aromatic nitrogens is 1. The van der Waals surface area contributed by atoms with Crippen LogP contribution in [0.2, 0.25) is 0 Å². The molecule has 5 nitrogen and oxygen atoms in total. The number of carbonyl (C=O) groups is 2. The summed E-state index contributed by atoms with van der Waals surface area (Å²) < 4.78 is 38.5. The van der Waals surface area contributed by atoms with Crippen molar-refractivity contribution in [3.05, 3.63) is 41.2 Å². The van der Waals surface area contributed by atoms with Crippen molar-refractivity contribution in [3.8, 4) is 6.07 Å². The second-order valence-corrected chi connectivity index (χ2v) is 7.03. The Morgan fingerprint density at radius 2 is 2.00 bits per heavy atom. The van der Waals surface area contributed by atoms with Crippen LogP contribution in [0.1, 0.15) is 49.3 Å². The number of amides is 1. The average molecular weight is 379 g/mol. The number of nitriles is 1. The van der Waals surface area contributed by atoms with Crippen molar-refractivity contribution < 1.29 is 22.8 Å². The second-order valence-electron chi connectivity index (χ2n) is 7.03. The number of pyridine rings is 1. The molecule has 27 heavy (non-hydrogen) atoms. The summed E-state index contributed by atoms with van der Waals surface area (Å²) in [6.07, 6.45) is -1.95. The monoisotopic (exact) mass is 379 g/mol. The number of ketones is 1. The number of rotatable bonds is 1. The third-order valence-electron chi connectivity index (χ3n) is 4.50. The van der Waals surface area contributed by atoms with Gasteiger partial charge in [0.2, 0.25) is 0 Å². The van der Waals surface area contributed by atoms with Crippen molar-refractivity contribution in [2.24, 2.45) is 5.41 Å². The van der Waals surface area contributed by atoms with Gasteiger partial charge in [0.25, 0.3) is 5.91 Å². The summed E-state index contributed by atoms with van der Waals surface area (Å²) in [6, 6.07) is 5.11. The summed E-state index contributed by atoms with van der Waals surface area (Å²) in [4.78, 5) is 29.9. The molecule has 0 atom stereocenters. The lowest BCUT2D eigenvalue weighted by molar-refractivity contribution is -0.141. The highest BCUT2D eigenvalue weighted by molar-refractivity contribution is 6.02. The molecule has 0 bridgehead atoms. The van der Waals surface area contributed by atoms with Crippen LogP contribution < -0.4 is 0 Å². The zero-order valence-corrected chi connectivity index (χ0v) is 15.1. The van der Waals surface area contributed by atoms with Crippen LogP contribution in [-0.4, -0.2) is 34.7 Å². The predicted molar refractivity (Wildman–Crippen MR) is 91.5 cm³/mol. The van der Waals surface area contributed by atoms with Gasteiger partial charge in [0.05, 0.1) is 5.57 Å². The summed E-state index contributed by atoms with van der Waals surface area (Å²) in [6.45, 7) is 3.96. The molecule has 1 aromatic rings. The number of Topliss-reactive ketones (excluding diaryl/α,β-unsaturated/α-hetero) is 1. The highest BCUT2D eigenvalue weighted by Crippen LogP contribution is 2.29. The van der Waals surface area contributed by atoms with Gasteiger partial charge >= 0.3 is 6.18 Å². The highest BCUT2D eigenvalue weighted by Gasteiger charge is 2.34. The molecular weight excluding hydrogens is 359 g/mol. The van der Waals surface area contributed by atoms with E-state index in [-0.39, 0.29) is 30.0 Å². The van der Waals surface area contributed by atoms with E-state index in [4.69, 9.17) is 0 Å². The van der Waals surface area contributed by atoms with Gasteiger partial charge in [-0.05, 0) is 31.4 Å². The molecule has 0 spiro atoms. The van der Waals surface area contributed by atoms with Crippen LogP contribution in [0.3, 0.4) is 0 Å². The molecule has 2 rings (SSSR count). The molecule has 0 saturated heterocycles. The third kappa shape index (κ3) is 4.94. The molecule has 1 aromatic heterocycles. The lowest BCUT2D eigenvalue weighted by Crippen LogP contribution is -2.36. The molecule has 1 aliphatic heterocycles. The van der Waals surface area contributed by atoms with E-state index in [1.807, 2.05) is 6.07 Å². The minimum absolute atomic E-state index is 0.0477. The number of hydrogen-bond donors (Lipinski definition) is 0. The molecule has 1 amide bonds. The van der Waals surface area contributed by atoms with Crippen LogP contribution in [0.4, 0.5) is 13.2 Å². The van der Waals surface area contributed by atoms with Crippen molar-refractivity contribution >= 4 is 11.7 Å². The average Bonchev–Trinajstić information content (AvgIpc) is 2.61. The Morgan fingerprint density at radius 1 is 1.30 bits per heavy atom. The zero-order chi connectivity index (χ0) is 20.2. The van der Waals surface area contributed by atoms with Crippen LogP contribution in [0.25, 0.3) is 0 Å². The Kier molecular flexibility index (Phi) is 6.04. The minimum Gasteiger partial charge on any atom is -0.337 e. The van der Waals surface area contributed by atoms with E-state index in [9.17, 15) is 28.0 Å². The Morgan fingerprint density at radius 3 is 2.63 bits per heavy atom. The molecule has 0 saturated carbocycles. The Hall–Kier alpha value is -2.69. The summed E-state index contributed by atoms with van der Waals surface area (Å²) >= 11 is 0. The van der Waals surface area contributed by atoms with Crippen LogP contribution in [0.5, 0.6) is 0 Å². The maximum absolute atomic E-state index is 12.8. The quantitative estimate of drug-likeness (QED) is 0.744. The predicted octanol–water partition coefficient (Wildman–Crippen LogP) is 3.77. The molecule has 0 aliphatic carbocycles. The van der Waals surface area contributed by atoms with E-state index in [0.29, 0.717) is 19.4 Å². The molecule has 0 aromatic carbocycles. The molecule has 0 N–H and O–H groups in total. The number of halogens is 3. The summed E-state index contributed by atoms with van der Waals surface area (Å²) in [7, 11) is 0. The molecule has 8 heteroatoms. The van der Waals surface area contributed by atoms with Gasteiger partial charge in [-0.2, -0.15) is 18.4 Å². The zero-order valence-electron chi connectivity index (χ0n) is 15.1. The topological polar surface area (TPSA) is 74.1 Å². The smallest absolute Gasteiger partial charge is 0.337 e. The van der Waals surface area contributed by atoms with Crippen LogP contribution >= 0.6 is 0 Å². The van der Waals surface area contributed by atoms with Crippen LogP contribution in [0.15, 0.2) is 29.8 Å². The minimum atomic E-state index is -4.63. The van der Waals surface area contributed by atoms with Gasteiger partial charge in [-0.15, -0.1) is 0 Å². The molecule has 2 heterocycles. The summed E-state index contributed by atoms with van der Waals surface area (Å²) in [5.41, 5.74) is -2.09. The third-order valence-corrected chi connectivity index (χ3v) is 4.50. The van der Waals surface area contributed by atoms with E-state index < -0.39 is 23.2 Å². The largest absolute Gasteiger partial charge is 0.433 e.